The number of hydrazone groups is 1. The summed E-state index contributed by atoms with van der Waals surface area (Å²) in [4.78, 5) is 4.51. The van der Waals surface area contributed by atoms with Crippen LogP contribution in [0.15, 0.2) is 65.9 Å². The Bertz CT molecular complexity index is 962. The van der Waals surface area contributed by atoms with Gasteiger partial charge in [-0.2, -0.15) is 5.10 Å². The highest BCUT2D eigenvalue weighted by Gasteiger charge is 2.34. The molecule has 0 spiro atoms. The van der Waals surface area contributed by atoms with Crippen LogP contribution in [0.3, 0.4) is 0 Å². The molecule has 0 amide bonds. The first-order valence-electron chi connectivity index (χ1n) is 7.96. The topological polar surface area (TPSA) is 80.2 Å². The molecular weight excluding hydrogens is 332 g/mol. The van der Waals surface area contributed by atoms with E-state index in [1.165, 1.54) is 4.70 Å². The molecule has 0 saturated carbocycles. The fourth-order valence-electron chi connectivity index (χ4n) is 2.82. The number of rotatable bonds is 3. The Balaban J connectivity index is 1.56. The summed E-state index contributed by atoms with van der Waals surface area (Å²) >= 11 is 1.69. The smallest absolute Gasteiger partial charge is 0.225 e. The van der Waals surface area contributed by atoms with Gasteiger partial charge in [-0.25, -0.2) is 9.99 Å². The third-order valence-electron chi connectivity index (χ3n) is 4.03. The van der Waals surface area contributed by atoms with Crippen LogP contribution in [0.5, 0.6) is 0 Å². The molecule has 3 aromatic rings. The Labute approximate surface area is 149 Å². The molecule has 5 N–H and O–H groups in total. The van der Waals surface area contributed by atoms with Crippen LogP contribution in [0, 0.1) is 6.92 Å². The molecule has 0 aliphatic carbocycles. The fraction of sp³-hybridized carbons (Fsp3) is 0.111. The van der Waals surface area contributed by atoms with Crippen molar-refractivity contribution in [2.75, 3.05) is 10.4 Å². The molecule has 1 atom stereocenters. The Morgan fingerprint density at radius 2 is 2.08 bits per heavy atom. The van der Waals surface area contributed by atoms with E-state index in [9.17, 15) is 0 Å². The van der Waals surface area contributed by atoms with Crippen LogP contribution in [-0.2, 0) is 0 Å². The maximum Gasteiger partial charge on any atom is 0.225 e. The Hall–Kier alpha value is -2.90. The molecule has 1 aromatic heterocycles. The van der Waals surface area contributed by atoms with Gasteiger partial charge < -0.3 is 5.73 Å². The van der Waals surface area contributed by atoms with Gasteiger partial charge in [-0.15, -0.1) is 11.3 Å². The molecular formula is C18H19N6S+. The van der Waals surface area contributed by atoms with Crippen molar-refractivity contribution < 1.29 is 5.73 Å². The zero-order valence-corrected chi connectivity index (χ0v) is 14.7. The highest BCUT2D eigenvalue weighted by Crippen LogP contribution is 2.25. The maximum absolute atomic E-state index is 4.52. The van der Waals surface area contributed by atoms with Crippen molar-refractivity contribution in [2.24, 2.45) is 5.10 Å². The number of hydrazine groups is 1. The molecule has 7 heteroatoms. The van der Waals surface area contributed by atoms with E-state index in [-0.39, 0.29) is 6.17 Å². The lowest BCUT2D eigenvalue weighted by atomic mass is 10.2. The van der Waals surface area contributed by atoms with Crippen LogP contribution in [0.4, 0.5) is 11.4 Å². The molecule has 1 aliphatic rings. The molecule has 25 heavy (non-hydrogen) atoms. The highest BCUT2D eigenvalue weighted by atomic mass is 32.1. The van der Waals surface area contributed by atoms with E-state index in [0.29, 0.717) is 0 Å². The lowest BCUT2D eigenvalue weighted by Gasteiger charge is -2.19. The Kier molecular flexibility index (Phi) is 3.87. The lowest BCUT2D eigenvalue weighted by Crippen LogP contribution is -2.71. The molecule has 6 nitrogen and oxygen atoms in total. The summed E-state index contributed by atoms with van der Waals surface area (Å²) in [6, 6.07) is 16.1. The van der Waals surface area contributed by atoms with Crippen molar-refractivity contribution in [1.29, 1.82) is 0 Å². The van der Waals surface area contributed by atoms with Gasteiger partial charge in [0.05, 0.1) is 32.3 Å². The Morgan fingerprint density at radius 3 is 2.88 bits per heavy atom. The number of nitrogens with zero attached hydrogens (tertiary/aromatic N) is 3. The summed E-state index contributed by atoms with van der Waals surface area (Å²) in [6.45, 7) is 6.06. The number of fused-ring (bicyclic) bond motifs is 1. The molecule has 2 heterocycles. The zero-order valence-electron chi connectivity index (χ0n) is 13.9. The third-order valence-corrected chi connectivity index (χ3v) is 4.98. The summed E-state index contributed by atoms with van der Waals surface area (Å²) in [6.07, 6.45) is -0.173. The summed E-state index contributed by atoms with van der Waals surface area (Å²) in [5.74, 6) is 0. The summed E-state index contributed by atoms with van der Waals surface area (Å²) in [5, 5.41) is 7.53. The van der Waals surface area contributed by atoms with Crippen molar-refractivity contribution in [2.45, 2.75) is 13.1 Å². The van der Waals surface area contributed by atoms with Gasteiger partial charge in [0.25, 0.3) is 0 Å². The highest BCUT2D eigenvalue weighted by molar-refractivity contribution is 7.18. The lowest BCUT2D eigenvalue weighted by molar-refractivity contribution is -0.393. The number of benzene rings is 2. The molecule has 1 fully saturated rings. The van der Waals surface area contributed by atoms with Crippen molar-refractivity contribution in [1.82, 2.24) is 10.4 Å². The van der Waals surface area contributed by atoms with Gasteiger partial charge in [0, 0.05) is 0 Å². The van der Waals surface area contributed by atoms with E-state index >= 15 is 0 Å². The predicted molar refractivity (Wildman–Crippen MR) is 103 cm³/mol. The van der Waals surface area contributed by atoms with Gasteiger partial charge in [0.15, 0.2) is 5.71 Å². The average molecular weight is 351 g/mol. The SMILES string of the molecule is C=C1NN(c2ccccc2)[C@@H]([NH3+])/C1=N/Nc1ccc2sc(C)nc2c1. The molecule has 0 radical (unpaired) electrons. The van der Waals surface area contributed by atoms with E-state index in [4.69, 9.17) is 0 Å². The van der Waals surface area contributed by atoms with E-state index in [1.54, 1.807) is 11.3 Å². The maximum atomic E-state index is 4.52. The number of aromatic nitrogens is 1. The molecule has 0 unspecified atom stereocenters. The number of hydrogen-bond donors (Lipinski definition) is 3. The summed E-state index contributed by atoms with van der Waals surface area (Å²) in [7, 11) is 0. The van der Waals surface area contributed by atoms with Gasteiger partial charge in [-0.1, -0.05) is 24.8 Å². The normalized spacial score (nSPS) is 18.8. The largest absolute Gasteiger partial charge is 0.331 e. The van der Waals surface area contributed by atoms with Gasteiger partial charge in [0.1, 0.15) is 0 Å². The molecule has 1 saturated heterocycles. The number of nitrogens with one attached hydrogen (secondary N) is 2. The minimum atomic E-state index is -0.173. The monoisotopic (exact) mass is 351 g/mol. The first-order valence-corrected chi connectivity index (χ1v) is 8.77. The van der Waals surface area contributed by atoms with Crippen LogP contribution in [0.25, 0.3) is 10.2 Å². The zero-order chi connectivity index (χ0) is 17.4. The van der Waals surface area contributed by atoms with Crippen LogP contribution in [-0.4, -0.2) is 16.9 Å². The summed E-state index contributed by atoms with van der Waals surface area (Å²) < 4.78 is 1.17. The van der Waals surface area contributed by atoms with E-state index in [1.807, 2.05) is 54.4 Å². The van der Waals surface area contributed by atoms with Crippen molar-refractivity contribution in [3.8, 4) is 0 Å². The van der Waals surface area contributed by atoms with Crippen LogP contribution in [0.1, 0.15) is 5.01 Å². The second-order valence-corrected chi connectivity index (χ2v) is 7.07. The molecule has 1 aliphatic heterocycles. The second-order valence-electron chi connectivity index (χ2n) is 5.84. The van der Waals surface area contributed by atoms with Gasteiger partial charge >= 0.3 is 0 Å². The van der Waals surface area contributed by atoms with Gasteiger partial charge in [-0.3, -0.25) is 10.9 Å². The Morgan fingerprint density at radius 1 is 1.28 bits per heavy atom. The minimum Gasteiger partial charge on any atom is -0.331 e. The standard InChI is InChI=1S/C18H18N6S/c1-11-17(18(19)24(23-11)14-6-4-3-5-7-14)22-21-13-8-9-16-15(10-13)20-12(2)25-16/h3-10,18,21,23H,1,19H2,2H3/p+1/b22-17+/t18-/m1/s1. The van der Waals surface area contributed by atoms with Crippen LogP contribution >= 0.6 is 11.3 Å². The molecule has 4 rings (SSSR count). The molecule has 0 bridgehead atoms. The first-order chi connectivity index (χ1) is 12.1. The molecule has 2 aromatic carbocycles. The van der Waals surface area contributed by atoms with Crippen LogP contribution < -0.4 is 21.6 Å². The average Bonchev–Trinajstić information content (AvgIpc) is 3.12. The fourth-order valence-corrected chi connectivity index (χ4v) is 3.62. The van der Waals surface area contributed by atoms with E-state index in [0.717, 1.165) is 33.3 Å². The van der Waals surface area contributed by atoms with Crippen molar-refractivity contribution in [3.63, 3.8) is 0 Å². The number of anilines is 2. The van der Waals surface area contributed by atoms with Gasteiger partial charge in [0.2, 0.25) is 6.17 Å². The minimum absolute atomic E-state index is 0.173. The van der Waals surface area contributed by atoms with E-state index < -0.39 is 0 Å². The number of hydrogen-bond acceptors (Lipinski definition) is 6. The summed E-state index contributed by atoms with van der Waals surface area (Å²) in [5.41, 5.74) is 15.0. The van der Waals surface area contributed by atoms with E-state index in [2.05, 4.69) is 39.3 Å². The predicted octanol–water partition coefficient (Wildman–Crippen LogP) is 2.48. The van der Waals surface area contributed by atoms with Crippen molar-refractivity contribution >= 4 is 38.6 Å². The number of aryl methyl sites for hydroxylation is 1. The number of para-hydroxylation sites is 1. The molecule has 126 valence electrons. The van der Waals surface area contributed by atoms with Gasteiger partial charge in [-0.05, 0) is 37.3 Å². The second kappa shape index (κ2) is 6.19. The number of quaternary nitrogens is 1. The van der Waals surface area contributed by atoms with Crippen LogP contribution in [0.2, 0.25) is 0 Å². The van der Waals surface area contributed by atoms with Crippen molar-refractivity contribution in [3.05, 3.63) is 65.8 Å². The quantitative estimate of drug-likeness (QED) is 0.633. The first kappa shape index (κ1) is 15.6. The third kappa shape index (κ3) is 2.95. The number of thiazole rings is 1.